The van der Waals surface area contributed by atoms with Crippen molar-refractivity contribution in [1.82, 2.24) is 15.1 Å². The molecule has 0 saturated carbocycles. The highest BCUT2D eigenvalue weighted by Crippen LogP contribution is 2.20. The first-order chi connectivity index (χ1) is 10.0. The number of hydrogen-bond acceptors (Lipinski definition) is 5. The van der Waals surface area contributed by atoms with Crippen LogP contribution in [0.5, 0.6) is 0 Å². The van der Waals surface area contributed by atoms with Crippen LogP contribution in [0.1, 0.15) is 25.7 Å². The van der Waals surface area contributed by atoms with Gasteiger partial charge in [0.15, 0.2) is 0 Å². The van der Waals surface area contributed by atoms with Crippen LogP contribution in [0.4, 0.5) is 0 Å². The number of nitrogens with one attached hydrogen (secondary N) is 1. The van der Waals surface area contributed by atoms with Gasteiger partial charge >= 0.3 is 0 Å². The second-order valence-corrected chi connectivity index (χ2v) is 8.93. The second-order valence-electron chi connectivity index (χ2n) is 6.67. The quantitative estimate of drug-likeness (QED) is 0.658. The van der Waals surface area contributed by atoms with Crippen LogP contribution >= 0.6 is 0 Å². The van der Waals surface area contributed by atoms with Gasteiger partial charge in [0.25, 0.3) is 0 Å². The molecular formula is C15H31N3O2S. The number of rotatable bonds is 8. The lowest BCUT2D eigenvalue weighted by molar-refractivity contribution is 0.155. The molecule has 2 fully saturated rings. The van der Waals surface area contributed by atoms with E-state index in [1.54, 1.807) is 0 Å². The van der Waals surface area contributed by atoms with Crippen molar-refractivity contribution < 1.29 is 8.42 Å². The molecule has 2 aliphatic rings. The second kappa shape index (κ2) is 8.46. The van der Waals surface area contributed by atoms with Gasteiger partial charge in [-0.25, -0.2) is 8.42 Å². The van der Waals surface area contributed by atoms with E-state index in [2.05, 4.69) is 15.1 Å². The van der Waals surface area contributed by atoms with Crippen LogP contribution in [-0.2, 0) is 9.84 Å². The Bertz CT molecular complexity index is 386. The van der Waals surface area contributed by atoms with Crippen LogP contribution in [0, 0.1) is 5.92 Å². The Kier molecular flexibility index (Phi) is 6.92. The van der Waals surface area contributed by atoms with E-state index in [1.807, 2.05) is 0 Å². The van der Waals surface area contributed by atoms with Crippen molar-refractivity contribution >= 4 is 9.84 Å². The van der Waals surface area contributed by atoms with Crippen molar-refractivity contribution in [2.45, 2.75) is 25.7 Å². The number of nitrogens with zero attached hydrogens (tertiary/aromatic N) is 2. The van der Waals surface area contributed by atoms with Crippen LogP contribution in [0.15, 0.2) is 0 Å². The zero-order valence-electron chi connectivity index (χ0n) is 13.4. The van der Waals surface area contributed by atoms with Crippen LogP contribution in [0.25, 0.3) is 0 Å². The summed E-state index contributed by atoms with van der Waals surface area (Å²) in [5.41, 5.74) is 0. The van der Waals surface area contributed by atoms with Crippen molar-refractivity contribution in [3.05, 3.63) is 0 Å². The number of hydrogen-bond donors (Lipinski definition) is 1. The number of sulfone groups is 1. The van der Waals surface area contributed by atoms with E-state index < -0.39 is 9.84 Å². The Morgan fingerprint density at radius 1 is 1.00 bits per heavy atom. The standard InChI is InChI=1S/C15H31N3O2S/c1-21(19,20)13-7-16-6-12-17-10-4-15(5-11-17)14-18-8-2-3-9-18/h15-16H,2-14H2,1H3. The van der Waals surface area contributed by atoms with Crippen LogP contribution in [0.2, 0.25) is 0 Å². The molecule has 0 unspecified atom stereocenters. The first kappa shape index (κ1) is 17.2. The molecule has 0 radical (unpaired) electrons. The third-order valence-corrected chi connectivity index (χ3v) is 5.62. The van der Waals surface area contributed by atoms with Gasteiger partial charge in [0.1, 0.15) is 9.84 Å². The molecule has 0 aliphatic carbocycles. The van der Waals surface area contributed by atoms with Gasteiger partial charge in [0.05, 0.1) is 5.75 Å². The normalized spacial score (nSPS) is 22.9. The molecule has 0 atom stereocenters. The van der Waals surface area contributed by atoms with Crippen molar-refractivity contribution in [1.29, 1.82) is 0 Å². The lowest BCUT2D eigenvalue weighted by Crippen LogP contribution is -2.41. The summed E-state index contributed by atoms with van der Waals surface area (Å²) >= 11 is 0. The molecule has 0 amide bonds. The molecule has 5 nitrogen and oxygen atoms in total. The van der Waals surface area contributed by atoms with Crippen molar-refractivity contribution in [3.8, 4) is 0 Å². The molecule has 0 spiro atoms. The zero-order valence-corrected chi connectivity index (χ0v) is 14.2. The third-order valence-electron chi connectivity index (χ3n) is 4.68. The van der Waals surface area contributed by atoms with E-state index in [9.17, 15) is 8.42 Å². The number of likely N-dealkylation sites (tertiary alicyclic amines) is 2. The van der Waals surface area contributed by atoms with Crippen molar-refractivity contribution in [2.24, 2.45) is 5.92 Å². The molecule has 1 N–H and O–H groups in total. The fourth-order valence-electron chi connectivity index (χ4n) is 3.34. The average Bonchev–Trinajstić information content (AvgIpc) is 2.92. The van der Waals surface area contributed by atoms with Gasteiger partial charge in [-0.15, -0.1) is 0 Å². The summed E-state index contributed by atoms with van der Waals surface area (Å²) in [6.45, 7) is 8.84. The van der Waals surface area contributed by atoms with E-state index in [0.717, 1.165) is 19.0 Å². The Hall–Kier alpha value is -0.170. The van der Waals surface area contributed by atoms with E-state index in [0.29, 0.717) is 6.54 Å². The highest BCUT2D eigenvalue weighted by Gasteiger charge is 2.22. The molecule has 0 aromatic carbocycles. The van der Waals surface area contributed by atoms with Gasteiger partial charge in [-0.3, -0.25) is 0 Å². The Morgan fingerprint density at radius 3 is 2.29 bits per heavy atom. The summed E-state index contributed by atoms with van der Waals surface area (Å²) < 4.78 is 22.0. The molecule has 0 bridgehead atoms. The van der Waals surface area contributed by atoms with E-state index in [-0.39, 0.29) is 5.75 Å². The predicted molar refractivity (Wildman–Crippen MR) is 87.4 cm³/mol. The van der Waals surface area contributed by atoms with Crippen LogP contribution in [-0.4, -0.2) is 82.6 Å². The first-order valence-electron chi connectivity index (χ1n) is 8.36. The molecule has 2 rings (SSSR count). The maximum absolute atomic E-state index is 11.0. The number of piperidine rings is 1. The first-order valence-corrected chi connectivity index (χ1v) is 10.4. The summed E-state index contributed by atoms with van der Waals surface area (Å²) in [6, 6.07) is 0. The third kappa shape index (κ3) is 7.08. The maximum Gasteiger partial charge on any atom is 0.148 e. The zero-order chi connectivity index (χ0) is 15.1. The Labute approximate surface area is 130 Å². The molecule has 21 heavy (non-hydrogen) atoms. The highest BCUT2D eigenvalue weighted by molar-refractivity contribution is 7.90. The van der Waals surface area contributed by atoms with Gasteiger partial charge in [0.2, 0.25) is 0 Å². The van der Waals surface area contributed by atoms with Gasteiger partial charge in [0, 0.05) is 32.4 Å². The predicted octanol–water partition coefficient (Wildman–Crippen LogP) is 0.428. The largest absolute Gasteiger partial charge is 0.314 e. The summed E-state index contributed by atoms with van der Waals surface area (Å²) in [5.74, 6) is 1.13. The highest BCUT2D eigenvalue weighted by atomic mass is 32.2. The molecule has 2 heterocycles. The average molecular weight is 317 g/mol. The fraction of sp³-hybridized carbons (Fsp3) is 1.00. The minimum atomic E-state index is -2.83. The maximum atomic E-state index is 11.0. The van der Waals surface area contributed by atoms with Gasteiger partial charge in [-0.05, 0) is 57.8 Å². The van der Waals surface area contributed by atoms with Gasteiger partial charge in [-0.2, -0.15) is 0 Å². The summed E-state index contributed by atoms with van der Waals surface area (Å²) in [5, 5.41) is 3.23. The minimum Gasteiger partial charge on any atom is -0.314 e. The van der Waals surface area contributed by atoms with E-state index in [1.165, 1.54) is 64.7 Å². The smallest absolute Gasteiger partial charge is 0.148 e. The molecule has 2 aliphatic heterocycles. The topological polar surface area (TPSA) is 52.7 Å². The SMILES string of the molecule is CS(=O)(=O)CCNCCN1CCC(CN2CCCC2)CC1. The summed E-state index contributed by atoms with van der Waals surface area (Å²) in [6.07, 6.45) is 6.70. The van der Waals surface area contributed by atoms with Crippen molar-refractivity contribution in [3.63, 3.8) is 0 Å². The lowest BCUT2D eigenvalue weighted by Gasteiger charge is -2.33. The summed E-state index contributed by atoms with van der Waals surface area (Å²) in [4.78, 5) is 5.14. The molecule has 0 aromatic heterocycles. The van der Waals surface area contributed by atoms with Crippen LogP contribution < -0.4 is 5.32 Å². The molecule has 2 saturated heterocycles. The fourth-order valence-corrected chi connectivity index (χ4v) is 3.86. The monoisotopic (exact) mass is 317 g/mol. The molecule has 6 heteroatoms. The van der Waals surface area contributed by atoms with Crippen LogP contribution in [0.3, 0.4) is 0 Å². The Morgan fingerprint density at radius 2 is 1.67 bits per heavy atom. The van der Waals surface area contributed by atoms with Gasteiger partial charge in [-0.1, -0.05) is 0 Å². The van der Waals surface area contributed by atoms with Crippen molar-refractivity contribution in [2.75, 3.05) is 64.4 Å². The van der Waals surface area contributed by atoms with E-state index >= 15 is 0 Å². The summed E-state index contributed by atoms with van der Waals surface area (Å²) in [7, 11) is -2.83. The molecular weight excluding hydrogens is 286 g/mol. The Balaban J connectivity index is 1.50. The van der Waals surface area contributed by atoms with Gasteiger partial charge < -0.3 is 15.1 Å². The van der Waals surface area contributed by atoms with E-state index in [4.69, 9.17) is 0 Å². The molecule has 124 valence electrons. The lowest BCUT2D eigenvalue weighted by atomic mass is 9.96. The molecule has 0 aromatic rings. The minimum absolute atomic E-state index is 0.241.